The molecule has 0 saturated heterocycles. The van der Waals surface area contributed by atoms with Gasteiger partial charge in [0, 0.05) is 34.5 Å². The van der Waals surface area contributed by atoms with Crippen LogP contribution < -0.4 is 39.3 Å². The van der Waals surface area contributed by atoms with Crippen molar-refractivity contribution in [1.82, 2.24) is 5.10 Å². The minimum Gasteiger partial charge on any atom is -0.504 e. The van der Waals surface area contributed by atoms with Crippen molar-refractivity contribution in [2.75, 3.05) is 0 Å². The molecule has 13 heteroatoms. The average molecular weight is 484 g/mol. The minimum atomic E-state index is -4.71. The summed E-state index contributed by atoms with van der Waals surface area (Å²) >= 11 is 5.80. The molecule has 1 heterocycles. The summed E-state index contributed by atoms with van der Waals surface area (Å²) in [6, 6.07) is 10.8. The van der Waals surface area contributed by atoms with Crippen molar-refractivity contribution in [2.45, 2.75) is 11.8 Å². The van der Waals surface area contributed by atoms with Gasteiger partial charge in [0.2, 0.25) is 5.69 Å². The molecule has 146 valence electrons. The van der Waals surface area contributed by atoms with E-state index in [1.807, 2.05) is 6.07 Å². The van der Waals surface area contributed by atoms with E-state index in [1.54, 1.807) is 31.2 Å². The zero-order valence-corrected chi connectivity index (χ0v) is 20.0. The van der Waals surface area contributed by atoms with Gasteiger partial charge in [-0.2, -0.15) is 13.1 Å². The van der Waals surface area contributed by atoms with E-state index in [-0.39, 0.29) is 69.2 Å². The van der Waals surface area contributed by atoms with Gasteiger partial charge in [0.1, 0.15) is 10.6 Å². The third-order valence-electron chi connectivity index (χ3n) is 3.56. The Labute approximate surface area is 204 Å². The number of aromatic nitrogens is 2. The number of nitrogens with zero attached hydrogens (tertiary/aromatic N) is 4. The molecule has 9 nitrogen and oxygen atoms in total. The number of rotatable bonds is 4. The Morgan fingerprint density at radius 1 is 1.10 bits per heavy atom. The van der Waals surface area contributed by atoms with Crippen LogP contribution in [0.1, 0.15) is 5.69 Å². The molecule has 29 heavy (non-hydrogen) atoms. The van der Waals surface area contributed by atoms with Crippen LogP contribution in [-0.4, -0.2) is 23.2 Å². The van der Waals surface area contributed by atoms with E-state index in [2.05, 4.69) is 15.3 Å². The first-order valence-corrected chi connectivity index (χ1v) is 9.26. The van der Waals surface area contributed by atoms with Crippen LogP contribution >= 0.6 is 11.6 Å². The maximum absolute atomic E-state index is 11.3. The molecule has 0 spiro atoms. The zero-order valence-electron chi connectivity index (χ0n) is 15.2. The van der Waals surface area contributed by atoms with Crippen LogP contribution in [0.2, 0.25) is 5.02 Å². The van der Waals surface area contributed by atoms with Gasteiger partial charge < -0.3 is 15.3 Å². The van der Waals surface area contributed by atoms with Gasteiger partial charge in [0.05, 0.1) is 0 Å². The number of azo groups is 1. The van der Waals surface area contributed by atoms with Crippen molar-refractivity contribution >= 4 is 33.1 Å². The zero-order chi connectivity index (χ0) is 19.8. The molecular weight excluding hydrogens is 471 g/mol. The summed E-state index contributed by atoms with van der Waals surface area (Å²) in [5.41, 5.74) is 0.656. The first-order valence-electron chi connectivity index (χ1n) is 7.44. The van der Waals surface area contributed by atoms with Crippen molar-refractivity contribution in [2.24, 2.45) is 10.2 Å². The van der Waals surface area contributed by atoms with E-state index in [0.717, 1.165) is 12.1 Å². The molecule has 0 aliphatic carbocycles. The maximum atomic E-state index is 11.3. The fourth-order valence-electron chi connectivity index (χ4n) is 2.31. The number of hydrogen-bond donors (Lipinski definition) is 3. The Hall–Kier alpha value is -1.42. The van der Waals surface area contributed by atoms with Crippen molar-refractivity contribution in [3.05, 3.63) is 53.2 Å². The third-order valence-corrected chi connectivity index (χ3v) is 4.65. The maximum Gasteiger partial charge on any atom is 1.00 e. The molecule has 0 aliphatic heterocycles. The predicted molar refractivity (Wildman–Crippen MR) is 94.8 cm³/mol. The molecule has 3 N–H and O–H groups in total. The number of aromatic hydroxyl groups is 2. The molecule has 0 unspecified atom stereocenters. The Bertz CT molecular complexity index is 1160. The molecule has 1 aromatic heterocycles. The van der Waals surface area contributed by atoms with Crippen molar-refractivity contribution in [3.8, 4) is 17.3 Å². The summed E-state index contributed by atoms with van der Waals surface area (Å²) in [6.07, 6.45) is 0. The Balaban J connectivity index is 0.00000210. The number of hydrogen-bond acceptors (Lipinski definition) is 6. The molecule has 0 bridgehead atoms. The number of benzene rings is 2. The molecule has 0 aliphatic rings. The van der Waals surface area contributed by atoms with Gasteiger partial charge in [-0.3, -0.25) is 4.55 Å². The van der Waals surface area contributed by atoms with Gasteiger partial charge in [-0.25, -0.2) is 0 Å². The Morgan fingerprint density at radius 3 is 2.31 bits per heavy atom. The van der Waals surface area contributed by atoms with Crippen LogP contribution in [0.25, 0.3) is 5.69 Å². The first kappa shape index (κ1) is 25.6. The van der Waals surface area contributed by atoms with Gasteiger partial charge in [-0.05, 0) is 12.1 Å². The normalized spacial score (nSPS) is 11.1. The summed E-state index contributed by atoms with van der Waals surface area (Å²) in [5, 5.41) is 32.1. The standard InChI is InChI=1S/C16H13ClN4O5S.Cr.Na/c1-9-14(16(23)21(20-9)11-5-3-2-4-6-11)19-18-12-7-10(17)8-13(15(12)22)27(24,25)26;;/h2-8,22-23H,1H3,(H,24,25,26);;/q;;+1. The van der Waals surface area contributed by atoms with Gasteiger partial charge in [0.25, 0.3) is 10.1 Å². The van der Waals surface area contributed by atoms with Crippen LogP contribution in [-0.2, 0) is 27.5 Å². The summed E-state index contributed by atoms with van der Waals surface area (Å²) in [5.74, 6) is -1.11. The predicted octanol–water partition coefficient (Wildman–Crippen LogP) is -0.0429. The minimum absolute atomic E-state index is 0. The monoisotopic (exact) mass is 483 g/mol. The van der Waals surface area contributed by atoms with Crippen molar-refractivity contribution in [3.63, 3.8) is 0 Å². The van der Waals surface area contributed by atoms with Crippen molar-refractivity contribution < 1.29 is 74.8 Å². The Morgan fingerprint density at radius 2 is 1.72 bits per heavy atom. The summed E-state index contributed by atoms with van der Waals surface area (Å²) in [6.45, 7) is 1.59. The topological polar surface area (TPSA) is 138 Å². The van der Waals surface area contributed by atoms with Gasteiger partial charge in [0.15, 0.2) is 11.4 Å². The van der Waals surface area contributed by atoms with E-state index in [4.69, 9.17) is 16.2 Å². The summed E-state index contributed by atoms with van der Waals surface area (Å²) < 4.78 is 33.0. The van der Waals surface area contributed by atoms with Gasteiger partial charge in [-0.15, -0.1) is 10.2 Å². The second-order valence-electron chi connectivity index (χ2n) is 5.45. The van der Waals surface area contributed by atoms with Crippen LogP contribution in [0.4, 0.5) is 11.4 Å². The van der Waals surface area contributed by atoms with E-state index < -0.39 is 20.8 Å². The molecule has 0 atom stereocenters. The SMILES string of the molecule is Cc1[n-][n+](-c2ccccc2)c(O)c1N=Nc1cc(Cl)cc(S(=O)(=O)O)c1O.[Cr].[Na+]. The third kappa shape index (κ3) is 5.60. The van der Waals surface area contributed by atoms with Crippen LogP contribution in [0, 0.1) is 6.92 Å². The van der Waals surface area contributed by atoms with E-state index in [0.29, 0.717) is 11.4 Å². The first-order chi connectivity index (χ1) is 12.7. The molecule has 2 aromatic carbocycles. The molecule has 0 radical (unpaired) electrons. The molecule has 0 saturated carbocycles. The molecule has 0 fully saturated rings. The largest absolute Gasteiger partial charge is 1.00 e. The van der Waals surface area contributed by atoms with Crippen molar-refractivity contribution in [1.29, 1.82) is 0 Å². The number of phenolic OH excluding ortho intramolecular Hbond substituents is 1. The van der Waals surface area contributed by atoms with Gasteiger partial charge >= 0.3 is 35.4 Å². The molecule has 0 amide bonds. The Kier molecular flexibility index (Phi) is 8.89. The van der Waals surface area contributed by atoms with Gasteiger partial charge in [-0.1, -0.05) is 42.4 Å². The molecule has 3 rings (SSSR count). The number of halogens is 1. The number of aryl methyl sites for hydroxylation is 1. The quantitative estimate of drug-likeness (QED) is 0.206. The second-order valence-corrected chi connectivity index (χ2v) is 7.28. The fraction of sp³-hybridized carbons (Fsp3) is 0.0625. The van der Waals surface area contributed by atoms with Crippen LogP contribution in [0.3, 0.4) is 0 Å². The summed E-state index contributed by atoms with van der Waals surface area (Å²) in [4.78, 5) is -0.801. The fourth-order valence-corrected chi connectivity index (χ4v) is 3.21. The number of phenols is 1. The van der Waals surface area contributed by atoms with E-state index >= 15 is 0 Å². The van der Waals surface area contributed by atoms with E-state index in [1.165, 1.54) is 4.68 Å². The average Bonchev–Trinajstić information content (AvgIpc) is 2.89. The number of para-hydroxylation sites is 1. The molecular formula is C16H13ClCrN4NaO5S+. The van der Waals surface area contributed by atoms with Crippen LogP contribution in [0.5, 0.6) is 11.6 Å². The second kappa shape index (κ2) is 10.1. The molecule has 3 aromatic rings. The van der Waals surface area contributed by atoms with E-state index in [9.17, 15) is 18.6 Å². The smallest absolute Gasteiger partial charge is 0.504 e. The summed E-state index contributed by atoms with van der Waals surface area (Å²) in [7, 11) is -4.71. The van der Waals surface area contributed by atoms with Crippen LogP contribution in [0.15, 0.2) is 57.6 Å².